The third-order valence-corrected chi connectivity index (χ3v) is 2.89. The summed E-state index contributed by atoms with van der Waals surface area (Å²) < 4.78 is 37.1. The molecule has 5 heteroatoms. The van der Waals surface area contributed by atoms with Crippen LogP contribution in [0.15, 0.2) is 42.6 Å². The summed E-state index contributed by atoms with van der Waals surface area (Å²) in [6.45, 7) is 2.65. The Hall–Kier alpha value is -2.04. The van der Waals surface area contributed by atoms with Gasteiger partial charge >= 0.3 is 6.18 Å². The molecule has 0 aliphatic rings. The van der Waals surface area contributed by atoms with E-state index in [1.807, 2.05) is 25.1 Å². The maximum Gasteiger partial charge on any atom is 0.417 e. The second kappa shape index (κ2) is 5.94. The van der Waals surface area contributed by atoms with Crippen LogP contribution < -0.4 is 5.32 Å². The number of hydrogen-bond acceptors (Lipinski definition) is 2. The Bertz CT molecular complexity index is 562. The summed E-state index contributed by atoms with van der Waals surface area (Å²) in [6.07, 6.45) is -2.70. The lowest BCUT2D eigenvalue weighted by Gasteiger charge is -2.09. The van der Waals surface area contributed by atoms with Crippen LogP contribution >= 0.6 is 0 Å². The van der Waals surface area contributed by atoms with Gasteiger partial charge in [-0.1, -0.05) is 29.8 Å². The minimum atomic E-state index is -4.34. The summed E-state index contributed by atoms with van der Waals surface area (Å²) in [6, 6.07) is 10.5. The van der Waals surface area contributed by atoms with E-state index < -0.39 is 11.7 Å². The van der Waals surface area contributed by atoms with Crippen molar-refractivity contribution in [3.63, 3.8) is 0 Å². The Morgan fingerprint density at radius 1 is 1.15 bits per heavy atom. The van der Waals surface area contributed by atoms with Crippen molar-refractivity contribution in [3.05, 3.63) is 59.3 Å². The number of halogens is 3. The van der Waals surface area contributed by atoms with Crippen molar-refractivity contribution in [1.29, 1.82) is 0 Å². The van der Waals surface area contributed by atoms with E-state index in [2.05, 4.69) is 16.4 Å². The molecule has 2 rings (SSSR count). The van der Waals surface area contributed by atoms with Crippen LogP contribution in [-0.4, -0.2) is 11.5 Å². The first-order valence-corrected chi connectivity index (χ1v) is 6.28. The lowest BCUT2D eigenvalue weighted by Crippen LogP contribution is -2.09. The van der Waals surface area contributed by atoms with Gasteiger partial charge < -0.3 is 5.32 Å². The number of aromatic nitrogens is 1. The van der Waals surface area contributed by atoms with Gasteiger partial charge in [0.2, 0.25) is 0 Å². The molecule has 20 heavy (non-hydrogen) atoms. The maximum absolute atomic E-state index is 12.4. The molecule has 0 fully saturated rings. The topological polar surface area (TPSA) is 24.9 Å². The largest absolute Gasteiger partial charge is 0.417 e. The molecule has 2 aromatic rings. The molecule has 106 valence electrons. The third-order valence-electron chi connectivity index (χ3n) is 2.89. The molecule has 0 aliphatic carbocycles. The van der Waals surface area contributed by atoms with Gasteiger partial charge in [-0.15, -0.1) is 0 Å². The Balaban J connectivity index is 1.88. The van der Waals surface area contributed by atoms with Gasteiger partial charge in [0.1, 0.15) is 5.82 Å². The van der Waals surface area contributed by atoms with Crippen molar-refractivity contribution in [2.45, 2.75) is 19.5 Å². The molecule has 0 spiro atoms. The van der Waals surface area contributed by atoms with E-state index in [1.54, 1.807) is 0 Å². The Morgan fingerprint density at radius 2 is 1.95 bits per heavy atom. The first kappa shape index (κ1) is 14.4. The Kier molecular flexibility index (Phi) is 4.27. The predicted molar refractivity (Wildman–Crippen MR) is 72.6 cm³/mol. The lowest BCUT2D eigenvalue weighted by atomic mass is 10.1. The number of nitrogens with zero attached hydrogens (tertiary/aromatic N) is 1. The van der Waals surface area contributed by atoms with E-state index in [0.717, 1.165) is 18.7 Å². The Morgan fingerprint density at radius 3 is 2.55 bits per heavy atom. The first-order chi connectivity index (χ1) is 9.45. The summed E-state index contributed by atoms with van der Waals surface area (Å²) in [7, 11) is 0. The standard InChI is InChI=1S/C15H15F3N2/c1-11-3-2-4-12(9-11)7-8-19-14-6-5-13(10-20-14)15(16,17)18/h2-6,9-10H,7-8H2,1H3,(H,19,20). The molecule has 1 heterocycles. The average molecular weight is 280 g/mol. The average Bonchev–Trinajstić information content (AvgIpc) is 2.38. The van der Waals surface area contributed by atoms with Crippen molar-refractivity contribution in [3.8, 4) is 0 Å². The molecule has 2 nitrogen and oxygen atoms in total. The second-order valence-corrected chi connectivity index (χ2v) is 4.60. The molecule has 0 unspecified atom stereocenters. The lowest BCUT2D eigenvalue weighted by molar-refractivity contribution is -0.137. The highest BCUT2D eigenvalue weighted by atomic mass is 19.4. The van der Waals surface area contributed by atoms with E-state index in [1.165, 1.54) is 17.2 Å². The fourth-order valence-corrected chi connectivity index (χ4v) is 1.87. The van der Waals surface area contributed by atoms with E-state index in [0.29, 0.717) is 12.4 Å². The summed E-state index contributed by atoms with van der Waals surface area (Å²) in [5.74, 6) is 0.450. The quantitative estimate of drug-likeness (QED) is 0.913. The van der Waals surface area contributed by atoms with Gasteiger partial charge in [-0.25, -0.2) is 4.98 Å². The van der Waals surface area contributed by atoms with Crippen LogP contribution in [0.25, 0.3) is 0 Å². The molecular weight excluding hydrogens is 265 g/mol. The molecular formula is C15H15F3N2. The molecule has 1 aromatic heterocycles. The van der Waals surface area contributed by atoms with E-state index >= 15 is 0 Å². The van der Waals surface area contributed by atoms with E-state index in [-0.39, 0.29) is 0 Å². The zero-order chi connectivity index (χ0) is 14.6. The van der Waals surface area contributed by atoms with Crippen molar-refractivity contribution in [2.75, 3.05) is 11.9 Å². The van der Waals surface area contributed by atoms with E-state index in [9.17, 15) is 13.2 Å². The highest BCUT2D eigenvalue weighted by Crippen LogP contribution is 2.28. The molecule has 0 bridgehead atoms. The Labute approximate surface area is 115 Å². The third kappa shape index (κ3) is 3.98. The maximum atomic E-state index is 12.4. The zero-order valence-corrected chi connectivity index (χ0v) is 11.0. The number of rotatable bonds is 4. The summed E-state index contributed by atoms with van der Waals surface area (Å²) in [5, 5.41) is 3.01. The fourth-order valence-electron chi connectivity index (χ4n) is 1.87. The van der Waals surface area contributed by atoms with Crippen LogP contribution in [0, 0.1) is 6.92 Å². The SMILES string of the molecule is Cc1cccc(CCNc2ccc(C(F)(F)F)cn2)c1. The van der Waals surface area contributed by atoms with Gasteiger partial charge in [0.15, 0.2) is 0 Å². The summed E-state index contributed by atoms with van der Waals surface area (Å²) >= 11 is 0. The molecule has 0 saturated carbocycles. The van der Waals surface area contributed by atoms with Crippen LogP contribution in [0.4, 0.5) is 19.0 Å². The normalized spacial score (nSPS) is 11.4. The van der Waals surface area contributed by atoms with Crippen LogP contribution in [0.3, 0.4) is 0 Å². The van der Waals surface area contributed by atoms with Crippen LogP contribution in [0.1, 0.15) is 16.7 Å². The molecule has 0 radical (unpaired) electrons. The molecule has 1 N–H and O–H groups in total. The van der Waals surface area contributed by atoms with Crippen molar-refractivity contribution < 1.29 is 13.2 Å². The van der Waals surface area contributed by atoms with E-state index in [4.69, 9.17) is 0 Å². The molecule has 0 saturated heterocycles. The number of pyridine rings is 1. The number of aryl methyl sites for hydroxylation is 1. The fraction of sp³-hybridized carbons (Fsp3) is 0.267. The number of anilines is 1. The minimum absolute atomic E-state index is 0.450. The summed E-state index contributed by atoms with van der Waals surface area (Å²) in [5.41, 5.74) is 1.64. The molecule has 0 amide bonds. The van der Waals surface area contributed by atoms with Crippen molar-refractivity contribution >= 4 is 5.82 Å². The van der Waals surface area contributed by atoms with Crippen molar-refractivity contribution in [1.82, 2.24) is 4.98 Å². The zero-order valence-electron chi connectivity index (χ0n) is 11.0. The van der Waals surface area contributed by atoms with Gasteiger partial charge in [0.25, 0.3) is 0 Å². The van der Waals surface area contributed by atoms with Gasteiger partial charge in [-0.05, 0) is 31.0 Å². The number of hydrogen-bond donors (Lipinski definition) is 1. The number of benzene rings is 1. The van der Waals surface area contributed by atoms with Crippen LogP contribution in [-0.2, 0) is 12.6 Å². The van der Waals surface area contributed by atoms with Gasteiger partial charge in [0, 0.05) is 12.7 Å². The van der Waals surface area contributed by atoms with Crippen LogP contribution in [0.2, 0.25) is 0 Å². The molecule has 1 aromatic carbocycles. The smallest absolute Gasteiger partial charge is 0.370 e. The molecule has 0 atom stereocenters. The summed E-state index contributed by atoms with van der Waals surface area (Å²) in [4.78, 5) is 3.76. The van der Waals surface area contributed by atoms with Crippen LogP contribution in [0.5, 0.6) is 0 Å². The first-order valence-electron chi connectivity index (χ1n) is 6.28. The minimum Gasteiger partial charge on any atom is -0.370 e. The van der Waals surface area contributed by atoms with Gasteiger partial charge in [0.05, 0.1) is 5.56 Å². The number of nitrogens with one attached hydrogen (secondary N) is 1. The predicted octanol–water partition coefficient (Wildman–Crippen LogP) is 4.06. The highest BCUT2D eigenvalue weighted by Gasteiger charge is 2.30. The van der Waals surface area contributed by atoms with Gasteiger partial charge in [-0.2, -0.15) is 13.2 Å². The highest BCUT2D eigenvalue weighted by molar-refractivity contribution is 5.36. The second-order valence-electron chi connectivity index (χ2n) is 4.60. The monoisotopic (exact) mass is 280 g/mol. The number of alkyl halides is 3. The molecule has 0 aliphatic heterocycles. The van der Waals surface area contributed by atoms with Crippen molar-refractivity contribution in [2.24, 2.45) is 0 Å². The van der Waals surface area contributed by atoms with Gasteiger partial charge in [-0.3, -0.25) is 0 Å².